The number of esters is 1. The fourth-order valence-corrected chi connectivity index (χ4v) is 2.95. The van der Waals surface area contributed by atoms with Crippen LogP contribution in [0.3, 0.4) is 0 Å². The zero-order chi connectivity index (χ0) is 19.9. The van der Waals surface area contributed by atoms with E-state index in [-0.39, 0.29) is 23.9 Å². The Morgan fingerprint density at radius 3 is 2.25 bits per heavy atom. The number of piperazine rings is 1. The van der Waals surface area contributed by atoms with E-state index in [0.717, 1.165) is 6.08 Å². The van der Waals surface area contributed by atoms with Crippen LogP contribution in [0.15, 0.2) is 54.6 Å². The molecule has 7 heteroatoms. The second-order valence-electron chi connectivity index (χ2n) is 6.28. The summed E-state index contributed by atoms with van der Waals surface area (Å²) in [4.78, 5) is 27.4. The molecule has 1 aliphatic heterocycles. The van der Waals surface area contributed by atoms with Gasteiger partial charge in [-0.2, -0.15) is 0 Å². The number of nitrogens with zero attached hydrogens (tertiary/aromatic N) is 2. The molecule has 0 unspecified atom stereocenters. The third kappa shape index (κ3) is 4.94. The average molecular weight is 386 g/mol. The molecule has 0 aliphatic carbocycles. The minimum absolute atomic E-state index is 0.259. The number of hydrogen-bond acceptors (Lipinski definition) is 4. The summed E-state index contributed by atoms with van der Waals surface area (Å²) in [6.07, 6.45) is 2.39. The molecule has 5 nitrogen and oxygen atoms in total. The van der Waals surface area contributed by atoms with Crippen molar-refractivity contribution in [2.24, 2.45) is 0 Å². The molecular formula is C21H20F2N2O3. The van der Waals surface area contributed by atoms with Gasteiger partial charge in [-0.1, -0.05) is 30.3 Å². The molecule has 3 rings (SSSR count). The van der Waals surface area contributed by atoms with Crippen LogP contribution >= 0.6 is 0 Å². The van der Waals surface area contributed by atoms with Crippen LogP contribution < -0.4 is 4.90 Å². The molecule has 0 radical (unpaired) electrons. The second-order valence-corrected chi connectivity index (χ2v) is 6.28. The molecule has 0 N–H and O–H groups in total. The van der Waals surface area contributed by atoms with Gasteiger partial charge in [0.1, 0.15) is 11.6 Å². The van der Waals surface area contributed by atoms with E-state index in [2.05, 4.69) is 0 Å². The molecule has 1 fully saturated rings. The minimum atomic E-state index is -0.721. The Labute approximate surface area is 161 Å². The summed E-state index contributed by atoms with van der Waals surface area (Å²) >= 11 is 0. The molecular weight excluding hydrogens is 366 g/mol. The van der Waals surface area contributed by atoms with Crippen LogP contribution in [0.5, 0.6) is 0 Å². The number of carbonyl (C=O) groups is 2. The first kappa shape index (κ1) is 19.5. The number of carbonyl (C=O) groups excluding carboxylic acids is 2. The molecule has 1 aliphatic rings. The molecule has 2 aromatic carbocycles. The van der Waals surface area contributed by atoms with Crippen molar-refractivity contribution in [2.75, 3.05) is 37.7 Å². The van der Waals surface area contributed by atoms with Gasteiger partial charge in [-0.3, -0.25) is 4.79 Å². The predicted octanol–water partition coefficient (Wildman–Crippen LogP) is 2.87. The number of para-hydroxylation sites is 1. The van der Waals surface area contributed by atoms with Crippen LogP contribution in [-0.4, -0.2) is 49.6 Å². The fourth-order valence-electron chi connectivity index (χ4n) is 2.95. The fraction of sp³-hybridized carbons (Fsp3) is 0.238. The largest absolute Gasteiger partial charge is 0.452 e. The highest BCUT2D eigenvalue weighted by Gasteiger charge is 2.23. The van der Waals surface area contributed by atoms with Crippen LogP contribution in [0.1, 0.15) is 5.56 Å². The van der Waals surface area contributed by atoms with Crippen LogP contribution in [0.2, 0.25) is 0 Å². The summed E-state index contributed by atoms with van der Waals surface area (Å²) < 4.78 is 32.3. The van der Waals surface area contributed by atoms with Gasteiger partial charge in [0.05, 0.1) is 5.69 Å². The zero-order valence-electron chi connectivity index (χ0n) is 15.2. The maximum atomic E-state index is 13.9. The Morgan fingerprint density at radius 2 is 1.57 bits per heavy atom. The van der Waals surface area contributed by atoms with Crippen molar-refractivity contribution in [1.29, 1.82) is 0 Å². The van der Waals surface area contributed by atoms with Crippen molar-refractivity contribution >= 4 is 23.6 Å². The van der Waals surface area contributed by atoms with Gasteiger partial charge < -0.3 is 14.5 Å². The lowest BCUT2D eigenvalue weighted by Gasteiger charge is -2.36. The molecule has 0 aromatic heterocycles. The number of ether oxygens (including phenoxy) is 1. The lowest BCUT2D eigenvalue weighted by molar-refractivity contribution is -0.148. The molecule has 0 bridgehead atoms. The van der Waals surface area contributed by atoms with E-state index in [1.165, 1.54) is 24.3 Å². The third-order valence-corrected chi connectivity index (χ3v) is 4.47. The molecule has 2 aromatic rings. The number of hydrogen-bond donors (Lipinski definition) is 0. The minimum Gasteiger partial charge on any atom is -0.452 e. The highest BCUT2D eigenvalue weighted by Crippen LogP contribution is 2.20. The standard InChI is InChI=1S/C21H20F2N2O3/c22-17-6-2-1-5-16(17)9-10-21(27)28-15-20(26)25-13-11-24(12-14-25)19-8-4-3-7-18(19)23/h1-10H,11-15H2/b10-9+. The van der Waals surface area contributed by atoms with E-state index < -0.39 is 11.8 Å². The van der Waals surface area contributed by atoms with Crippen molar-refractivity contribution in [3.63, 3.8) is 0 Å². The first-order valence-electron chi connectivity index (χ1n) is 8.91. The van der Waals surface area contributed by atoms with Crippen molar-refractivity contribution in [1.82, 2.24) is 4.90 Å². The summed E-state index contributed by atoms with van der Waals surface area (Å²) in [5.74, 6) is -1.78. The summed E-state index contributed by atoms with van der Waals surface area (Å²) in [5, 5.41) is 0. The van der Waals surface area contributed by atoms with Gasteiger partial charge in [0.15, 0.2) is 6.61 Å². The third-order valence-electron chi connectivity index (χ3n) is 4.47. The molecule has 1 amide bonds. The molecule has 1 saturated heterocycles. The quantitative estimate of drug-likeness (QED) is 0.586. The zero-order valence-corrected chi connectivity index (χ0v) is 15.2. The van der Waals surface area contributed by atoms with Crippen LogP contribution in [-0.2, 0) is 14.3 Å². The molecule has 146 valence electrons. The van der Waals surface area contributed by atoms with Gasteiger partial charge in [-0.05, 0) is 24.3 Å². The lowest BCUT2D eigenvalue weighted by Crippen LogP contribution is -2.50. The number of halogens is 2. The number of anilines is 1. The molecule has 0 saturated carbocycles. The predicted molar refractivity (Wildman–Crippen MR) is 102 cm³/mol. The Morgan fingerprint density at radius 1 is 0.929 bits per heavy atom. The smallest absolute Gasteiger partial charge is 0.331 e. The monoisotopic (exact) mass is 386 g/mol. The van der Waals surface area contributed by atoms with Gasteiger partial charge in [-0.25, -0.2) is 13.6 Å². The van der Waals surface area contributed by atoms with Gasteiger partial charge in [0, 0.05) is 37.8 Å². The van der Waals surface area contributed by atoms with E-state index in [1.807, 2.05) is 4.90 Å². The van der Waals surface area contributed by atoms with E-state index in [9.17, 15) is 18.4 Å². The highest BCUT2D eigenvalue weighted by molar-refractivity contribution is 5.89. The SMILES string of the molecule is O=C(/C=C/c1ccccc1F)OCC(=O)N1CCN(c2ccccc2F)CC1. The number of amides is 1. The normalized spacial score (nSPS) is 14.4. The van der Waals surface area contributed by atoms with E-state index in [4.69, 9.17) is 4.74 Å². The molecule has 0 spiro atoms. The summed E-state index contributed by atoms with van der Waals surface area (Å²) in [5.41, 5.74) is 0.773. The van der Waals surface area contributed by atoms with Crippen molar-refractivity contribution in [3.8, 4) is 0 Å². The van der Waals surface area contributed by atoms with Gasteiger partial charge in [0.2, 0.25) is 0 Å². The average Bonchev–Trinajstić information content (AvgIpc) is 2.72. The summed E-state index contributed by atoms with van der Waals surface area (Å²) in [6, 6.07) is 12.5. The molecule has 1 heterocycles. The second kappa shape index (κ2) is 9.12. The summed E-state index contributed by atoms with van der Waals surface area (Å²) in [6.45, 7) is 1.42. The van der Waals surface area contributed by atoms with Crippen LogP contribution in [0.4, 0.5) is 14.5 Å². The Hall–Kier alpha value is -3.22. The van der Waals surface area contributed by atoms with Crippen molar-refractivity contribution in [3.05, 3.63) is 71.8 Å². The first-order valence-corrected chi connectivity index (χ1v) is 8.91. The number of benzene rings is 2. The van der Waals surface area contributed by atoms with Crippen LogP contribution in [0.25, 0.3) is 6.08 Å². The Kier molecular flexibility index (Phi) is 6.37. The number of rotatable bonds is 5. The van der Waals surface area contributed by atoms with Crippen molar-refractivity contribution < 1.29 is 23.1 Å². The summed E-state index contributed by atoms with van der Waals surface area (Å²) in [7, 11) is 0. The maximum absolute atomic E-state index is 13.9. The van der Waals surface area contributed by atoms with Gasteiger partial charge in [-0.15, -0.1) is 0 Å². The maximum Gasteiger partial charge on any atom is 0.331 e. The van der Waals surface area contributed by atoms with Gasteiger partial charge >= 0.3 is 5.97 Å². The van der Waals surface area contributed by atoms with E-state index >= 15 is 0 Å². The highest BCUT2D eigenvalue weighted by atomic mass is 19.1. The Bertz CT molecular complexity index is 877. The molecule has 0 atom stereocenters. The lowest BCUT2D eigenvalue weighted by atomic mass is 10.2. The van der Waals surface area contributed by atoms with Crippen molar-refractivity contribution in [2.45, 2.75) is 0 Å². The molecule has 28 heavy (non-hydrogen) atoms. The topological polar surface area (TPSA) is 49.9 Å². The first-order chi connectivity index (χ1) is 13.5. The van der Waals surface area contributed by atoms with Crippen LogP contribution in [0, 0.1) is 11.6 Å². The Balaban J connectivity index is 1.45. The van der Waals surface area contributed by atoms with Gasteiger partial charge in [0.25, 0.3) is 5.91 Å². The van der Waals surface area contributed by atoms with E-state index in [1.54, 1.807) is 35.2 Å². The van der Waals surface area contributed by atoms with E-state index in [0.29, 0.717) is 31.9 Å².